The van der Waals surface area contributed by atoms with Gasteiger partial charge in [-0.3, -0.25) is 9.48 Å². The summed E-state index contributed by atoms with van der Waals surface area (Å²) >= 11 is 0. The van der Waals surface area contributed by atoms with E-state index in [4.69, 9.17) is 4.74 Å². The van der Waals surface area contributed by atoms with Crippen LogP contribution in [0.3, 0.4) is 0 Å². The monoisotopic (exact) mass is 351 g/mol. The van der Waals surface area contributed by atoms with E-state index in [-0.39, 0.29) is 17.8 Å². The number of rotatable bonds is 3. The predicted molar refractivity (Wildman–Crippen MR) is 95.3 cm³/mol. The van der Waals surface area contributed by atoms with Crippen LogP contribution in [0.1, 0.15) is 33.4 Å². The number of nitrogens with one attached hydrogen (secondary N) is 1. The Bertz CT molecular complexity index is 950. The Hall–Kier alpha value is -2.99. The molecule has 2 heterocycles. The molecule has 0 saturated heterocycles. The van der Waals surface area contributed by atoms with Crippen LogP contribution in [0.15, 0.2) is 54.6 Å². The van der Waals surface area contributed by atoms with Crippen molar-refractivity contribution < 1.29 is 13.9 Å². The molecule has 2 aromatic carbocycles. The summed E-state index contributed by atoms with van der Waals surface area (Å²) in [5.74, 6) is -0.532. The molecule has 0 radical (unpaired) electrons. The Morgan fingerprint density at radius 1 is 1.23 bits per heavy atom. The average molecular weight is 351 g/mol. The molecular weight excluding hydrogens is 333 g/mol. The van der Waals surface area contributed by atoms with E-state index in [0.717, 1.165) is 22.5 Å². The van der Waals surface area contributed by atoms with Gasteiger partial charge in [-0.15, -0.1) is 0 Å². The van der Waals surface area contributed by atoms with Crippen LogP contribution in [-0.4, -0.2) is 15.7 Å². The van der Waals surface area contributed by atoms with Gasteiger partial charge in [0, 0.05) is 5.69 Å². The lowest BCUT2D eigenvalue weighted by Crippen LogP contribution is -2.22. The van der Waals surface area contributed by atoms with E-state index in [1.165, 1.54) is 12.1 Å². The van der Waals surface area contributed by atoms with E-state index in [9.17, 15) is 9.18 Å². The highest BCUT2D eigenvalue weighted by Crippen LogP contribution is 2.27. The molecule has 0 spiro atoms. The van der Waals surface area contributed by atoms with E-state index in [1.807, 2.05) is 31.2 Å². The van der Waals surface area contributed by atoms with Crippen molar-refractivity contribution in [3.8, 4) is 0 Å². The molecule has 1 aliphatic heterocycles. The molecule has 6 heteroatoms. The van der Waals surface area contributed by atoms with Crippen molar-refractivity contribution in [3.63, 3.8) is 0 Å². The van der Waals surface area contributed by atoms with E-state index in [2.05, 4.69) is 10.4 Å². The number of carbonyl (C=O) groups excluding carboxylic acids is 1. The first-order valence-electron chi connectivity index (χ1n) is 8.40. The molecular formula is C20H18FN3O2. The van der Waals surface area contributed by atoms with Gasteiger partial charge in [0.05, 0.1) is 18.8 Å². The summed E-state index contributed by atoms with van der Waals surface area (Å²) < 4.78 is 20.7. The first-order valence-corrected chi connectivity index (χ1v) is 8.40. The van der Waals surface area contributed by atoms with Gasteiger partial charge in [-0.25, -0.2) is 4.39 Å². The van der Waals surface area contributed by atoms with Crippen LogP contribution in [0.25, 0.3) is 0 Å². The summed E-state index contributed by atoms with van der Waals surface area (Å²) in [4.78, 5) is 12.5. The molecule has 3 aromatic rings. The summed E-state index contributed by atoms with van der Waals surface area (Å²) in [7, 11) is 0. The van der Waals surface area contributed by atoms with Gasteiger partial charge in [-0.2, -0.15) is 5.10 Å². The highest BCUT2D eigenvalue weighted by atomic mass is 19.1. The van der Waals surface area contributed by atoms with Gasteiger partial charge in [-0.05, 0) is 48.4 Å². The van der Waals surface area contributed by atoms with Crippen molar-refractivity contribution >= 4 is 11.6 Å². The SMILES string of the molecule is Cc1cccc(NC(=O)c2cc3n(n2)C[C@H](c2ccc(F)cc2)OC3)c1. The number of benzene rings is 2. The molecule has 5 nitrogen and oxygen atoms in total. The Morgan fingerprint density at radius 3 is 2.81 bits per heavy atom. The molecule has 0 unspecified atom stereocenters. The number of ether oxygens (including phenoxy) is 1. The van der Waals surface area contributed by atoms with Crippen LogP contribution in [0.2, 0.25) is 0 Å². The molecule has 0 fully saturated rings. The van der Waals surface area contributed by atoms with Crippen LogP contribution in [0, 0.1) is 12.7 Å². The molecule has 1 amide bonds. The fraction of sp³-hybridized carbons (Fsp3) is 0.200. The normalized spacial score (nSPS) is 16.2. The van der Waals surface area contributed by atoms with Gasteiger partial charge in [0.1, 0.15) is 11.9 Å². The van der Waals surface area contributed by atoms with Gasteiger partial charge in [0.25, 0.3) is 5.91 Å². The van der Waals surface area contributed by atoms with Crippen LogP contribution in [-0.2, 0) is 17.9 Å². The fourth-order valence-electron chi connectivity index (χ4n) is 3.03. The van der Waals surface area contributed by atoms with Crippen molar-refractivity contribution in [3.05, 3.63) is 82.9 Å². The number of nitrogens with zero attached hydrogens (tertiary/aromatic N) is 2. The van der Waals surface area contributed by atoms with Crippen molar-refractivity contribution in [2.45, 2.75) is 26.2 Å². The third-order valence-corrected chi connectivity index (χ3v) is 4.38. The minimum absolute atomic E-state index is 0.212. The lowest BCUT2D eigenvalue weighted by molar-refractivity contribution is -0.00122. The number of aryl methyl sites for hydroxylation is 1. The molecule has 1 atom stereocenters. The molecule has 0 saturated carbocycles. The van der Waals surface area contributed by atoms with Crippen LogP contribution in [0.5, 0.6) is 0 Å². The first-order chi connectivity index (χ1) is 12.6. The van der Waals surface area contributed by atoms with Crippen LogP contribution >= 0.6 is 0 Å². The quantitative estimate of drug-likeness (QED) is 0.780. The van der Waals surface area contributed by atoms with E-state index in [1.54, 1.807) is 22.9 Å². The molecule has 132 valence electrons. The molecule has 1 aromatic heterocycles. The Kier molecular flexibility index (Phi) is 4.26. The summed E-state index contributed by atoms with van der Waals surface area (Å²) in [6, 6.07) is 15.6. The standard InChI is InChI=1S/C20H18FN3O2/c1-13-3-2-4-16(9-13)22-20(25)18-10-17-12-26-19(11-24(17)23-18)14-5-7-15(21)8-6-14/h2-10,19H,11-12H2,1H3,(H,22,25)/t19-/m1/s1. The van der Waals surface area contributed by atoms with Gasteiger partial charge in [0.15, 0.2) is 5.69 Å². The van der Waals surface area contributed by atoms with E-state index < -0.39 is 0 Å². The smallest absolute Gasteiger partial charge is 0.276 e. The van der Waals surface area contributed by atoms with Crippen molar-refractivity contribution in [1.29, 1.82) is 0 Å². The number of amides is 1. The highest BCUT2D eigenvalue weighted by Gasteiger charge is 2.24. The maximum atomic E-state index is 13.1. The molecule has 4 rings (SSSR count). The van der Waals surface area contributed by atoms with Crippen molar-refractivity contribution in [2.24, 2.45) is 0 Å². The summed E-state index contributed by atoms with van der Waals surface area (Å²) in [5.41, 5.74) is 3.89. The van der Waals surface area contributed by atoms with Gasteiger partial charge >= 0.3 is 0 Å². The van der Waals surface area contributed by atoms with Crippen molar-refractivity contribution in [2.75, 3.05) is 5.32 Å². The number of carbonyl (C=O) groups is 1. The number of hydrogen-bond acceptors (Lipinski definition) is 3. The third-order valence-electron chi connectivity index (χ3n) is 4.38. The summed E-state index contributed by atoms with van der Waals surface area (Å²) in [6.45, 7) is 2.81. The van der Waals surface area contributed by atoms with Crippen LogP contribution in [0.4, 0.5) is 10.1 Å². The maximum absolute atomic E-state index is 13.1. The zero-order valence-electron chi connectivity index (χ0n) is 14.3. The Labute approximate surface area is 150 Å². The minimum atomic E-state index is -0.278. The van der Waals surface area contributed by atoms with Crippen molar-refractivity contribution in [1.82, 2.24) is 9.78 Å². The molecule has 26 heavy (non-hydrogen) atoms. The van der Waals surface area contributed by atoms with Gasteiger partial charge in [-0.1, -0.05) is 24.3 Å². The van der Waals surface area contributed by atoms with E-state index in [0.29, 0.717) is 18.8 Å². The number of fused-ring (bicyclic) bond motifs is 1. The highest BCUT2D eigenvalue weighted by molar-refractivity contribution is 6.02. The summed E-state index contributed by atoms with van der Waals surface area (Å²) in [5, 5.41) is 7.27. The molecule has 0 bridgehead atoms. The zero-order chi connectivity index (χ0) is 18.1. The second-order valence-corrected chi connectivity index (χ2v) is 6.38. The van der Waals surface area contributed by atoms with Crippen LogP contribution < -0.4 is 5.32 Å². The molecule has 1 aliphatic rings. The molecule has 1 N–H and O–H groups in total. The Balaban J connectivity index is 1.50. The maximum Gasteiger partial charge on any atom is 0.276 e. The van der Waals surface area contributed by atoms with E-state index >= 15 is 0 Å². The number of anilines is 1. The number of aromatic nitrogens is 2. The second kappa shape index (κ2) is 6.72. The topological polar surface area (TPSA) is 56.2 Å². The first kappa shape index (κ1) is 16.5. The third kappa shape index (κ3) is 3.36. The molecule has 0 aliphatic carbocycles. The number of hydrogen-bond donors (Lipinski definition) is 1. The van der Waals surface area contributed by atoms with Gasteiger partial charge < -0.3 is 10.1 Å². The fourth-order valence-corrected chi connectivity index (χ4v) is 3.03. The summed E-state index contributed by atoms with van der Waals surface area (Å²) in [6.07, 6.45) is -0.212. The number of halogens is 1. The minimum Gasteiger partial charge on any atom is -0.365 e. The largest absolute Gasteiger partial charge is 0.365 e. The Morgan fingerprint density at radius 2 is 2.04 bits per heavy atom. The average Bonchev–Trinajstić information content (AvgIpc) is 3.06. The lowest BCUT2D eigenvalue weighted by atomic mass is 10.1. The second-order valence-electron chi connectivity index (χ2n) is 6.38. The zero-order valence-corrected chi connectivity index (χ0v) is 14.3. The predicted octanol–water partition coefficient (Wildman–Crippen LogP) is 3.85. The lowest BCUT2D eigenvalue weighted by Gasteiger charge is -2.24. The van der Waals surface area contributed by atoms with Gasteiger partial charge in [0.2, 0.25) is 0 Å².